The minimum atomic E-state index is -2.42. The first-order valence-electron chi connectivity index (χ1n) is 4.53. The zero-order valence-corrected chi connectivity index (χ0v) is 9.07. The maximum Gasteiger partial charge on any atom is 0.265 e. The first-order chi connectivity index (χ1) is 6.68. The lowest BCUT2D eigenvalue weighted by Crippen LogP contribution is -2.12. The highest BCUT2D eigenvalue weighted by Crippen LogP contribution is 2.34. The largest absolute Gasteiger partial charge is 0.385 e. The van der Waals surface area contributed by atoms with Gasteiger partial charge >= 0.3 is 0 Å². The molecule has 1 aromatic carbocycles. The van der Waals surface area contributed by atoms with Gasteiger partial charge in [-0.05, 0) is 30.5 Å². The van der Waals surface area contributed by atoms with Gasteiger partial charge in [-0.25, -0.2) is 8.78 Å². The number of anilines is 1. The second kappa shape index (κ2) is 3.85. The lowest BCUT2D eigenvalue weighted by molar-refractivity contribution is 0.150. The third-order valence-corrected chi connectivity index (χ3v) is 3.08. The van der Waals surface area contributed by atoms with Gasteiger partial charge in [-0.15, -0.1) is 0 Å². The van der Waals surface area contributed by atoms with Crippen LogP contribution < -0.4 is 5.32 Å². The van der Waals surface area contributed by atoms with E-state index in [0.717, 1.165) is 30.6 Å². The number of halogens is 3. The summed E-state index contributed by atoms with van der Waals surface area (Å²) in [5.74, 6) is 0. The van der Waals surface area contributed by atoms with Crippen LogP contribution in [0.2, 0.25) is 0 Å². The van der Waals surface area contributed by atoms with Crippen LogP contribution >= 0.6 is 15.9 Å². The molecule has 0 fully saturated rings. The van der Waals surface area contributed by atoms with Crippen molar-refractivity contribution in [2.75, 3.05) is 11.9 Å². The summed E-state index contributed by atoms with van der Waals surface area (Å²) >= 11 is 3.17. The molecule has 1 nitrogen and oxygen atoms in total. The fourth-order valence-electron chi connectivity index (χ4n) is 1.67. The molecule has 0 aromatic heterocycles. The molecule has 0 unspecified atom stereocenters. The zero-order valence-electron chi connectivity index (χ0n) is 7.49. The Morgan fingerprint density at radius 1 is 1.36 bits per heavy atom. The Labute approximate surface area is 89.6 Å². The second-order valence-electron chi connectivity index (χ2n) is 3.36. The molecule has 14 heavy (non-hydrogen) atoms. The van der Waals surface area contributed by atoms with Crippen LogP contribution in [0.1, 0.15) is 24.0 Å². The van der Waals surface area contributed by atoms with Gasteiger partial charge in [-0.2, -0.15) is 0 Å². The van der Waals surface area contributed by atoms with E-state index in [1.807, 2.05) is 0 Å². The van der Waals surface area contributed by atoms with Gasteiger partial charge in [0, 0.05) is 22.3 Å². The van der Waals surface area contributed by atoms with E-state index < -0.39 is 6.43 Å². The summed E-state index contributed by atoms with van der Waals surface area (Å²) < 4.78 is 25.6. The van der Waals surface area contributed by atoms with Gasteiger partial charge in [0.1, 0.15) is 0 Å². The van der Waals surface area contributed by atoms with Crippen LogP contribution in [-0.2, 0) is 6.42 Å². The Balaban J connectivity index is 2.45. The Morgan fingerprint density at radius 3 is 2.86 bits per heavy atom. The lowest BCUT2D eigenvalue weighted by Gasteiger charge is -2.19. The van der Waals surface area contributed by atoms with Gasteiger partial charge in [0.2, 0.25) is 0 Å². The van der Waals surface area contributed by atoms with Crippen LogP contribution in [0, 0.1) is 0 Å². The number of hydrogen-bond donors (Lipinski definition) is 1. The number of hydrogen-bond acceptors (Lipinski definition) is 1. The number of rotatable bonds is 1. The molecule has 0 radical (unpaired) electrons. The van der Waals surface area contributed by atoms with E-state index in [4.69, 9.17) is 0 Å². The third kappa shape index (κ3) is 1.75. The standard InChI is InChI=1S/C10H10BrF2N/c11-8-4-6-2-1-3-14-9(6)5-7(8)10(12)13/h4-5,10,14H,1-3H2. The predicted molar refractivity (Wildman–Crippen MR) is 55.9 cm³/mol. The Hall–Kier alpha value is -0.640. The van der Waals surface area contributed by atoms with Gasteiger partial charge < -0.3 is 5.32 Å². The van der Waals surface area contributed by atoms with Crippen LogP contribution in [0.15, 0.2) is 16.6 Å². The van der Waals surface area contributed by atoms with Crippen molar-refractivity contribution >= 4 is 21.6 Å². The summed E-state index contributed by atoms with van der Waals surface area (Å²) in [7, 11) is 0. The van der Waals surface area contributed by atoms with Gasteiger partial charge in [-0.1, -0.05) is 15.9 Å². The molecule has 1 N–H and O–H groups in total. The van der Waals surface area contributed by atoms with Crippen LogP contribution in [0.3, 0.4) is 0 Å². The summed E-state index contributed by atoms with van der Waals surface area (Å²) in [4.78, 5) is 0. The van der Waals surface area contributed by atoms with Gasteiger partial charge in [-0.3, -0.25) is 0 Å². The molecule has 0 saturated carbocycles. The molecule has 76 valence electrons. The van der Waals surface area contributed by atoms with Crippen molar-refractivity contribution in [3.05, 3.63) is 27.7 Å². The maximum atomic E-state index is 12.5. The SMILES string of the molecule is FC(F)c1cc2c(cc1Br)CCCN2. The highest BCUT2D eigenvalue weighted by atomic mass is 79.9. The van der Waals surface area contributed by atoms with Crippen molar-refractivity contribution in [1.29, 1.82) is 0 Å². The van der Waals surface area contributed by atoms with Crippen molar-refractivity contribution in [3.8, 4) is 0 Å². The molecule has 4 heteroatoms. The molecule has 1 aliphatic rings. The highest BCUT2D eigenvalue weighted by molar-refractivity contribution is 9.10. The van der Waals surface area contributed by atoms with E-state index in [9.17, 15) is 8.78 Å². The van der Waals surface area contributed by atoms with Gasteiger partial charge in [0.25, 0.3) is 6.43 Å². The van der Waals surface area contributed by atoms with Crippen LogP contribution in [0.25, 0.3) is 0 Å². The summed E-state index contributed by atoms with van der Waals surface area (Å²) in [5.41, 5.74) is 2.04. The molecule has 1 aromatic rings. The number of aryl methyl sites for hydroxylation is 1. The number of alkyl halides is 2. The third-order valence-electron chi connectivity index (χ3n) is 2.40. The molecule has 0 amide bonds. The maximum absolute atomic E-state index is 12.5. The van der Waals surface area contributed by atoms with Crippen LogP contribution in [0.5, 0.6) is 0 Å². The fourth-order valence-corrected chi connectivity index (χ4v) is 2.24. The Bertz CT molecular complexity index is 352. The van der Waals surface area contributed by atoms with Crippen molar-refractivity contribution in [2.24, 2.45) is 0 Å². The molecular weight excluding hydrogens is 252 g/mol. The summed E-state index contributed by atoms with van der Waals surface area (Å²) in [6.45, 7) is 0.872. The number of fused-ring (bicyclic) bond motifs is 1. The van der Waals surface area contributed by atoms with Crippen LogP contribution in [0.4, 0.5) is 14.5 Å². The summed E-state index contributed by atoms with van der Waals surface area (Å²) in [6.07, 6.45) is -0.392. The van der Waals surface area contributed by atoms with Crippen molar-refractivity contribution in [2.45, 2.75) is 19.3 Å². The number of benzene rings is 1. The number of nitrogens with one attached hydrogen (secondary N) is 1. The van der Waals surface area contributed by atoms with Crippen molar-refractivity contribution in [3.63, 3.8) is 0 Å². The fraction of sp³-hybridized carbons (Fsp3) is 0.400. The molecular formula is C10H10BrF2N. The Kier molecular flexibility index (Phi) is 2.72. The van der Waals surface area contributed by atoms with E-state index in [-0.39, 0.29) is 5.56 Å². The molecule has 2 rings (SSSR count). The minimum Gasteiger partial charge on any atom is -0.385 e. The van der Waals surface area contributed by atoms with Crippen LogP contribution in [-0.4, -0.2) is 6.54 Å². The van der Waals surface area contributed by atoms with Gasteiger partial charge in [0.15, 0.2) is 0 Å². The molecule has 0 bridgehead atoms. The lowest BCUT2D eigenvalue weighted by atomic mass is 10.0. The summed E-state index contributed by atoms with van der Waals surface area (Å²) in [6, 6.07) is 3.34. The second-order valence-corrected chi connectivity index (χ2v) is 4.22. The smallest absolute Gasteiger partial charge is 0.265 e. The molecule has 0 atom stereocenters. The average molecular weight is 262 g/mol. The van der Waals surface area contributed by atoms with E-state index in [0.29, 0.717) is 4.47 Å². The zero-order chi connectivity index (χ0) is 10.1. The monoisotopic (exact) mass is 261 g/mol. The van der Waals surface area contributed by atoms with E-state index in [1.54, 1.807) is 12.1 Å². The Morgan fingerprint density at radius 2 is 2.14 bits per heavy atom. The van der Waals surface area contributed by atoms with Crippen molar-refractivity contribution < 1.29 is 8.78 Å². The quantitative estimate of drug-likeness (QED) is 0.812. The van der Waals surface area contributed by atoms with E-state index in [2.05, 4.69) is 21.2 Å². The molecule has 1 heterocycles. The highest BCUT2D eigenvalue weighted by Gasteiger charge is 2.16. The normalized spacial score (nSPS) is 15.1. The molecule has 0 saturated heterocycles. The van der Waals surface area contributed by atoms with Crippen molar-refractivity contribution in [1.82, 2.24) is 0 Å². The van der Waals surface area contributed by atoms with E-state index >= 15 is 0 Å². The summed E-state index contributed by atoms with van der Waals surface area (Å²) in [5, 5.41) is 3.13. The first kappa shape index (κ1) is 9.90. The topological polar surface area (TPSA) is 12.0 Å². The molecule has 0 aliphatic carbocycles. The predicted octanol–water partition coefficient (Wildman–Crippen LogP) is 3.74. The molecule has 1 aliphatic heterocycles. The van der Waals surface area contributed by atoms with Gasteiger partial charge in [0.05, 0.1) is 0 Å². The first-order valence-corrected chi connectivity index (χ1v) is 5.32. The molecule has 0 spiro atoms. The minimum absolute atomic E-state index is 0.0677. The average Bonchev–Trinajstić information content (AvgIpc) is 2.16. The van der Waals surface area contributed by atoms with E-state index in [1.165, 1.54) is 0 Å².